The smallest absolute Gasteiger partial charge is 0.225 e. The minimum Gasteiger partial charge on any atom is -0.362 e. The highest BCUT2D eigenvalue weighted by molar-refractivity contribution is 5.90. The molecule has 0 spiro atoms. The van der Waals surface area contributed by atoms with Crippen LogP contribution >= 0.6 is 0 Å². The highest BCUT2D eigenvalue weighted by atomic mass is 19.2. The van der Waals surface area contributed by atoms with Crippen molar-refractivity contribution in [3.63, 3.8) is 0 Å². The zero-order valence-corrected chi connectivity index (χ0v) is 19.2. The van der Waals surface area contributed by atoms with E-state index in [9.17, 15) is 18.0 Å². The lowest BCUT2D eigenvalue weighted by Gasteiger charge is -2.29. The first-order valence-corrected chi connectivity index (χ1v) is 11.4. The predicted molar refractivity (Wildman–Crippen MR) is 126 cm³/mol. The molecule has 0 saturated heterocycles. The maximum absolute atomic E-state index is 13.8. The fraction of sp³-hybridized carbons (Fsp3) is 0.400. The third-order valence-electron chi connectivity index (χ3n) is 6.24. The topological polar surface area (TPSA) is 70.2 Å². The van der Waals surface area contributed by atoms with Gasteiger partial charge in [0.05, 0.1) is 11.9 Å². The molecule has 0 unspecified atom stereocenters. The molecule has 1 amide bonds. The van der Waals surface area contributed by atoms with Crippen molar-refractivity contribution in [1.29, 1.82) is 0 Å². The monoisotopic (exact) mass is 471 g/mol. The Hall–Kier alpha value is -3.36. The molecule has 0 radical (unpaired) electrons. The number of hydrogen-bond acceptors (Lipinski definition) is 5. The number of hydrogen-bond donors (Lipinski definition) is 2. The van der Waals surface area contributed by atoms with E-state index in [-0.39, 0.29) is 18.0 Å². The first-order valence-electron chi connectivity index (χ1n) is 11.4. The normalized spacial score (nSPS) is 18.0. The first kappa shape index (κ1) is 23.8. The molecule has 1 aliphatic carbocycles. The van der Waals surface area contributed by atoms with Gasteiger partial charge in [-0.25, -0.2) is 18.2 Å². The van der Waals surface area contributed by atoms with E-state index in [4.69, 9.17) is 4.98 Å². The van der Waals surface area contributed by atoms with Crippen molar-refractivity contribution in [2.45, 2.75) is 38.1 Å². The summed E-state index contributed by atoms with van der Waals surface area (Å²) in [6, 6.07) is 10.1. The molecule has 1 fully saturated rings. The highest BCUT2D eigenvalue weighted by Crippen LogP contribution is 2.28. The van der Waals surface area contributed by atoms with E-state index >= 15 is 0 Å². The summed E-state index contributed by atoms with van der Waals surface area (Å²) in [5.41, 5.74) is 0.731. The number of rotatable bonds is 7. The van der Waals surface area contributed by atoms with Crippen LogP contribution in [0.2, 0.25) is 0 Å². The third-order valence-corrected chi connectivity index (χ3v) is 6.24. The molecule has 1 aliphatic rings. The van der Waals surface area contributed by atoms with Gasteiger partial charge in [-0.2, -0.15) is 4.98 Å². The fourth-order valence-corrected chi connectivity index (χ4v) is 4.35. The molecular weight excluding hydrogens is 443 g/mol. The summed E-state index contributed by atoms with van der Waals surface area (Å²) in [5.74, 6) is -2.77. The summed E-state index contributed by atoms with van der Waals surface area (Å²) in [5, 5.41) is 7.25. The summed E-state index contributed by atoms with van der Waals surface area (Å²) in [4.78, 5) is 23.5. The summed E-state index contributed by atoms with van der Waals surface area (Å²) in [6.45, 7) is 0.466. The molecule has 0 atom stereocenters. The minimum atomic E-state index is -1.55. The van der Waals surface area contributed by atoms with Crippen LogP contribution in [0.5, 0.6) is 0 Å². The highest BCUT2D eigenvalue weighted by Gasteiger charge is 2.23. The van der Waals surface area contributed by atoms with Gasteiger partial charge in [0.25, 0.3) is 0 Å². The van der Waals surface area contributed by atoms with Gasteiger partial charge >= 0.3 is 0 Å². The Labute approximate surface area is 196 Å². The van der Waals surface area contributed by atoms with Gasteiger partial charge in [0, 0.05) is 37.6 Å². The second-order valence-electron chi connectivity index (χ2n) is 8.96. The van der Waals surface area contributed by atoms with E-state index in [0.29, 0.717) is 18.4 Å². The largest absolute Gasteiger partial charge is 0.362 e. The number of anilines is 2. The van der Waals surface area contributed by atoms with Crippen molar-refractivity contribution in [1.82, 2.24) is 15.3 Å². The van der Waals surface area contributed by atoms with Crippen molar-refractivity contribution in [3.8, 4) is 0 Å². The third kappa shape index (κ3) is 5.40. The molecule has 1 aromatic heterocycles. The van der Waals surface area contributed by atoms with Crippen molar-refractivity contribution in [2.75, 3.05) is 30.9 Å². The van der Waals surface area contributed by atoms with Crippen LogP contribution in [-0.4, -0.2) is 42.6 Å². The first-order chi connectivity index (χ1) is 16.3. The molecule has 180 valence electrons. The van der Waals surface area contributed by atoms with Gasteiger partial charge in [-0.05, 0) is 49.8 Å². The van der Waals surface area contributed by atoms with Crippen LogP contribution in [0.3, 0.4) is 0 Å². The van der Waals surface area contributed by atoms with E-state index in [2.05, 4.69) is 15.6 Å². The lowest BCUT2D eigenvalue weighted by molar-refractivity contribution is -0.120. The van der Waals surface area contributed by atoms with Crippen LogP contribution in [-0.2, 0) is 11.2 Å². The molecule has 0 bridgehead atoms. The number of para-hydroxylation sites is 1. The number of nitrogens with one attached hydrogen (secondary N) is 2. The van der Waals surface area contributed by atoms with E-state index in [1.54, 1.807) is 0 Å². The molecule has 6 nitrogen and oxygen atoms in total. The summed E-state index contributed by atoms with van der Waals surface area (Å²) in [6.07, 6.45) is 3.31. The molecule has 3 aromatic rings. The average molecular weight is 472 g/mol. The molecule has 4 rings (SSSR count). The molecule has 1 heterocycles. The number of aromatic nitrogens is 2. The van der Waals surface area contributed by atoms with Crippen molar-refractivity contribution >= 4 is 28.6 Å². The number of benzene rings is 2. The van der Waals surface area contributed by atoms with Gasteiger partial charge in [-0.1, -0.05) is 18.2 Å². The Morgan fingerprint density at radius 1 is 1.00 bits per heavy atom. The number of fused-ring (bicyclic) bond motifs is 1. The van der Waals surface area contributed by atoms with Gasteiger partial charge in [0.1, 0.15) is 5.82 Å². The van der Waals surface area contributed by atoms with E-state index in [1.807, 2.05) is 43.3 Å². The average Bonchev–Trinajstić information content (AvgIpc) is 2.83. The number of nitrogens with zero attached hydrogens (tertiary/aromatic N) is 3. The van der Waals surface area contributed by atoms with Crippen molar-refractivity contribution in [2.24, 2.45) is 5.92 Å². The van der Waals surface area contributed by atoms with Gasteiger partial charge < -0.3 is 15.5 Å². The van der Waals surface area contributed by atoms with Crippen LogP contribution in [0.1, 0.15) is 31.2 Å². The molecule has 2 N–H and O–H groups in total. The predicted octanol–water partition coefficient (Wildman–Crippen LogP) is 4.44. The second-order valence-corrected chi connectivity index (χ2v) is 8.96. The summed E-state index contributed by atoms with van der Waals surface area (Å²) >= 11 is 0. The van der Waals surface area contributed by atoms with E-state index in [0.717, 1.165) is 54.5 Å². The van der Waals surface area contributed by atoms with Crippen LogP contribution in [0, 0.1) is 23.4 Å². The number of amides is 1. The Morgan fingerprint density at radius 2 is 1.74 bits per heavy atom. The maximum Gasteiger partial charge on any atom is 0.225 e. The Balaban J connectivity index is 1.28. The van der Waals surface area contributed by atoms with Gasteiger partial charge in [-0.15, -0.1) is 0 Å². The Kier molecular flexibility index (Phi) is 7.19. The van der Waals surface area contributed by atoms with E-state index in [1.165, 1.54) is 0 Å². The molecular formula is C25H28F3N5O. The number of halogens is 3. The lowest BCUT2D eigenvalue weighted by atomic mass is 9.86. The van der Waals surface area contributed by atoms with Crippen molar-refractivity contribution in [3.05, 3.63) is 59.4 Å². The number of carbonyl (C=O) groups excluding carboxylic acids is 1. The second kappa shape index (κ2) is 10.3. The SMILES string of the molecule is CN(C)c1nc(N[C@H]2CC[C@@H](CNC(=O)Cc3ccc(F)c(F)c3F)CC2)nc2ccccc12. The van der Waals surface area contributed by atoms with Gasteiger partial charge in [0.15, 0.2) is 17.5 Å². The number of carbonyl (C=O) groups is 1. The molecule has 0 aliphatic heterocycles. The van der Waals surface area contributed by atoms with Gasteiger partial charge in [-0.3, -0.25) is 4.79 Å². The molecule has 2 aromatic carbocycles. The zero-order valence-electron chi connectivity index (χ0n) is 19.2. The quantitative estimate of drug-likeness (QED) is 0.499. The van der Waals surface area contributed by atoms with Crippen LogP contribution in [0.15, 0.2) is 36.4 Å². The zero-order chi connectivity index (χ0) is 24.2. The Morgan fingerprint density at radius 3 is 2.47 bits per heavy atom. The van der Waals surface area contributed by atoms with E-state index < -0.39 is 23.4 Å². The summed E-state index contributed by atoms with van der Waals surface area (Å²) < 4.78 is 40.2. The standard InChI is InChI=1S/C25H28F3N5O/c1-33(2)24-18-5-3-4-6-20(18)31-25(32-24)30-17-10-7-15(8-11-17)14-29-21(34)13-16-9-12-19(26)23(28)22(16)27/h3-6,9,12,15,17H,7-8,10-11,13-14H2,1-2H3,(H,29,34)(H,30,31,32)/t15-,17+. The van der Waals surface area contributed by atoms with Crippen LogP contribution < -0.4 is 15.5 Å². The maximum atomic E-state index is 13.8. The summed E-state index contributed by atoms with van der Waals surface area (Å²) in [7, 11) is 3.91. The molecule has 34 heavy (non-hydrogen) atoms. The van der Waals surface area contributed by atoms with Crippen molar-refractivity contribution < 1.29 is 18.0 Å². The Bertz CT molecular complexity index is 1180. The van der Waals surface area contributed by atoms with Crippen LogP contribution in [0.25, 0.3) is 10.9 Å². The minimum absolute atomic E-state index is 0.156. The van der Waals surface area contributed by atoms with Gasteiger partial charge in [0.2, 0.25) is 11.9 Å². The molecule has 9 heteroatoms. The lowest BCUT2D eigenvalue weighted by Crippen LogP contribution is -2.35. The molecule has 1 saturated carbocycles. The van der Waals surface area contributed by atoms with Crippen LogP contribution in [0.4, 0.5) is 24.9 Å². The fourth-order valence-electron chi connectivity index (χ4n) is 4.35.